The highest BCUT2D eigenvalue weighted by Gasteiger charge is 1.89. The smallest absolute Gasteiger partial charge is 0.00490 e. The Hall–Kier alpha value is -0.0400. The topological polar surface area (TPSA) is 26.0 Å². The monoisotopic (exact) mass is 86.1 g/mol. The van der Waals surface area contributed by atoms with Gasteiger partial charge in [-0.25, -0.2) is 0 Å². The van der Waals surface area contributed by atoms with Crippen LogP contribution in [-0.2, 0) is 0 Å². The molecule has 0 amide bonds. The van der Waals surface area contributed by atoms with E-state index in [1.807, 2.05) is 0 Å². The zero-order chi connectivity index (χ0) is 4.99. The van der Waals surface area contributed by atoms with Gasteiger partial charge in [-0.05, 0) is 19.4 Å². The number of nitrogens with two attached hydrogens (primary N) is 1. The molecule has 0 aromatic carbocycles. The second-order valence-electron chi connectivity index (χ2n) is 1.51. The quantitative estimate of drug-likeness (QED) is 0.528. The SMILES string of the molecule is [CH2]C(CC)CN. The van der Waals surface area contributed by atoms with Crippen molar-refractivity contribution in [1.29, 1.82) is 0 Å². The average molecular weight is 86.2 g/mol. The van der Waals surface area contributed by atoms with Gasteiger partial charge in [-0.1, -0.05) is 13.3 Å². The lowest BCUT2D eigenvalue weighted by atomic mass is 10.1. The third-order valence-corrected chi connectivity index (χ3v) is 0.911. The molecule has 1 nitrogen and oxygen atoms in total. The maximum atomic E-state index is 5.22. The van der Waals surface area contributed by atoms with Crippen molar-refractivity contribution in [3.8, 4) is 0 Å². The molecule has 0 heterocycles. The Morgan fingerprint density at radius 1 is 1.83 bits per heavy atom. The molecule has 0 aromatic heterocycles. The average Bonchev–Trinajstić information content (AvgIpc) is 1.65. The van der Waals surface area contributed by atoms with Gasteiger partial charge in [0.2, 0.25) is 0 Å². The molecule has 0 bridgehead atoms. The zero-order valence-corrected chi connectivity index (χ0v) is 4.28. The maximum absolute atomic E-state index is 5.22. The van der Waals surface area contributed by atoms with E-state index in [1.165, 1.54) is 0 Å². The molecule has 0 spiro atoms. The van der Waals surface area contributed by atoms with Crippen molar-refractivity contribution in [2.45, 2.75) is 13.3 Å². The molecule has 2 N–H and O–H groups in total. The summed E-state index contributed by atoms with van der Waals surface area (Å²) in [7, 11) is 0. The predicted molar refractivity (Wildman–Crippen MR) is 28.2 cm³/mol. The Balaban J connectivity index is 2.75. The van der Waals surface area contributed by atoms with Crippen molar-refractivity contribution in [3.63, 3.8) is 0 Å². The first-order chi connectivity index (χ1) is 2.81. The Labute approximate surface area is 39.5 Å². The summed E-state index contributed by atoms with van der Waals surface area (Å²) in [6.45, 7) is 6.56. The molecule has 1 unspecified atom stereocenters. The van der Waals surface area contributed by atoms with Gasteiger partial charge in [0.25, 0.3) is 0 Å². The number of rotatable bonds is 2. The normalized spacial score (nSPS) is 14.5. The summed E-state index contributed by atoms with van der Waals surface area (Å²) in [6.07, 6.45) is 1.09. The van der Waals surface area contributed by atoms with E-state index in [2.05, 4.69) is 13.8 Å². The summed E-state index contributed by atoms with van der Waals surface area (Å²) in [4.78, 5) is 0. The van der Waals surface area contributed by atoms with Crippen LogP contribution in [0.1, 0.15) is 13.3 Å². The summed E-state index contributed by atoms with van der Waals surface area (Å²) in [6, 6.07) is 0. The molecule has 0 aliphatic carbocycles. The molecule has 0 rings (SSSR count). The molecule has 0 saturated heterocycles. The Bertz CT molecular complexity index is 23.1. The van der Waals surface area contributed by atoms with Crippen LogP contribution in [-0.4, -0.2) is 6.54 Å². The Morgan fingerprint density at radius 3 is 2.33 bits per heavy atom. The van der Waals surface area contributed by atoms with Crippen molar-refractivity contribution in [3.05, 3.63) is 6.92 Å². The molecule has 0 saturated carbocycles. The van der Waals surface area contributed by atoms with Crippen molar-refractivity contribution >= 4 is 0 Å². The predicted octanol–water partition coefficient (Wildman–Crippen LogP) is 0.805. The molecule has 0 aromatic rings. The Kier molecular flexibility index (Phi) is 3.14. The van der Waals surface area contributed by atoms with Gasteiger partial charge in [-0.3, -0.25) is 0 Å². The Morgan fingerprint density at radius 2 is 2.33 bits per heavy atom. The van der Waals surface area contributed by atoms with Crippen molar-refractivity contribution < 1.29 is 0 Å². The highest BCUT2D eigenvalue weighted by atomic mass is 14.5. The summed E-state index contributed by atoms with van der Waals surface area (Å²) < 4.78 is 0. The minimum absolute atomic E-state index is 0.463. The van der Waals surface area contributed by atoms with Gasteiger partial charge >= 0.3 is 0 Å². The first-order valence-corrected chi connectivity index (χ1v) is 2.34. The number of hydrogen-bond donors (Lipinski definition) is 1. The summed E-state index contributed by atoms with van der Waals surface area (Å²) >= 11 is 0. The van der Waals surface area contributed by atoms with Gasteiger partial charge in [0, 0.05) is 0 Å². The van der Waals surface area contributed by atoms with Gasteiger partial charge in [0.15, 0.2) is 0 Å². The molecule has 1 atom stereocenters. The molecule has 0 aliphatic heterocycles. The summed E-state index contributed by atoms with van der Waals surface area (Å²) in [5, 5.41) is 0. The first-order valence-electron chi connectivity index (χ1n) is 2.34. The van der Waals surface area contributed by atoms with E-state index in [1.54, 1.807) is 0 Å². The molecule has 0 aliphatic rings. The van der Waals surface area contributed by atoms with Crippen molar-refractivity contribution in [2.75, 3.05) is 6.54 Å². The second-order valence-corrected chi connectivity index (χ2v) is 1.51. The summed E-state index contributed by atoms with van der Waals surface area (Å²) in [5.74, 6) is 0.463. The van der Waals surface area contributed by atoms with E-state index in [9.17, 15) is 0 Å². The largest absolute Gasteiger partial charge is 0.330 e. The standard InChI is InChI=1S/C5H12N/c1-3-5(2)4-6/h5H,2-4,6H2,1H3. The lowest BCUT2D eigenvalue weighted by Crippen LogP contribution is -2.08. The molecule has 0 fully saturated rings. The van der Waals surface area contributed by atoms with Crippen molar-refractivity contribution in [2.24, 2.45) is 11.7 Å². The minimum atomic E-state index is 0.463. The number of hydrogen-bond acceptors (Lipinski definition) is 1. The van der Waals surface area contributed by atoms with E-state index >= 15 is 0 Å². The highest BCUT2D eigenvalue weighted by molar-refractivity contribution is 4.56. The third kappa shape index (κ3) is 2.21. The fraction of sp³-hybridized carbons (Fsp3) is 0.800. The van der Waals surface area contributed by atoms with Gasteiger partial charge in [-0.2, -0.15) is 0 Å². The van der Waals surface area contributed by atoms with E-state index in [-0.39, 0.29) is 0 Å². The van der Waals surface area contributed by atoms with Crippen LogP contribution in [0.4, 0.5) is 0 Å². The first kappa shape index (κ1) is 5.96. The van der Waals surface area contributed by atoms with Crippen LogP contribution in [0.3, 0.4) is 0 Å². The minimum Gasteiger partial charge on any atom is -0.330 e. The van der Waals surface area contributed by atoms with E-state index in [4.69, 9.17) is 5.73 Å². The fourth-order valence-corrected chi connectivity index (χ4v) is 0.167. The fourth-order valence-electron chi connectivity index (χ4n) is 0.167. The van der Waals surface area contributed by atoms with Crippen LogP contribution in [0.2, 0.25) is 0 Å². The van der Waals surface area contributed by atoms with E-state index in [0.717, 1.165) is 13.0 Å². The molecule has 1 heteroatoms. The van der Waals surface area contributed by atoms with E-state index in [0.29, 0.717) is 5.92 Å². The van der Waals surface area contributed by atoms with Crippen LogP contribution in [0.15, 0.2) is 0 Å². The highest BCUT2D eigenvalue weighted by Crippen LogP contribution is 1.93. The molecule has 6 heavy (non-hydrogen) atoms. The van der Waals surface area contributed by atoms with Gasteiger partial charge in [-0.15, -0.1) is 0 Å². The van der Waals surface area contributed by atoms with Crippen LogP contribution in [0, 0.1) is 12.8 Å². The van der Waals surface area contributed by atoms with Gasteiger partial charge in [0.1, 0.15) is 0 Å². The van der Waals surface area contributed by atoms with Crippen molar-refractivity contribution in [1.82, 2.24) is 0 Å². The van der Waals surface area contributed by atoms with E-state index < -0.39 is 0 Å². The van der Waals surface area contributed by atoms with Crippen LogP contribution >= 0.6 is 0 Å². The maximum Gasteiger partial charge on any atom is -0.00490 e. The lowest BCUT2D eigenvalue weighted by Gasteiger charge is -1.98. The van der Waals surface area contributed by atoms with Crippen LogP contribution < -0.4 is 5.73 Å². The molecule has 1 radical (unpaired) electrons. The molecule has 37 valence electrons. The third-order valence-electron chi connectivity index (χ3n) is 0.911. The molecular weight excluding hydrogens is 74.1 g/mol. The van der Waals surface area contributed by atoms with Crippen LogP contribution in [0.5, 0.6) is 0 Å². The molecular formula is C5H12N. The zero-order valence-electron chi connectivity index (χ0n) is 4.28. The van der Waals surface area contributed by atoms with Gasteiger partial charge < -0.3 is 5.73 Å². The van der Waals surface area contributed by atoms with Crippen LogP contribution in [0.25, 0.3) is 0 Å². The summed E-state index contributed by atoms with van der Waals surface area (Å²) in [5.41, 5.74) is 5.22. The second kappa shape index (κ2) is 3.16. The van der Waals surface area contributed by atoms with Gasteiger partial charge in [0.05, 0.1) is 0 Å². The lowest BCUT2D eigenvalue weighted by molar-refractivity contribution is 0.636.